The van der Waals surface area contributed by atoms with Gasteiger partial charge in [0.2, 0.25) is 10.4 Å². The van der Waals surface area contributed by atoms with E-state index in [0.29, 0.717) is 0 Å². The Balaban J connectivity index is -0.0000000457. The van der Waals surface area contributed by atoms with Gasteiger partial charge in [0, 0.05) is 0 Å². The molecule has 0 saturated heterocycles. The standard InChI is InChI=1S/Cr.2Na.H2O4S.H2O.3O/c;;;1-5(2,3)4;;;;/h;;;(H2,1,2,3,4);1H2;;;/q3*+1;;;;;-1/p-2. The van der Waals surface area contributed by atoms with Crippen LogP contribution in [0.5, 0.6) is 0 Å². The molecule has 0 saturated carbocycles. The normalized spacial score (nSPS) is 9.67. The second-order valence-corrected chi connectivity index (χ2v) is 3.05. The van der Waals surface area contributed by atoms with Crippen molar-refractivity contribution in [2.75, 3.05) is 0 Å². The molecule has 0 aromatic carbocycles. The average molecular weight is 260 g/mol. The molecule has 0 bridgehead atoms. The Morgan fingerprint density at radius 1 is 1.17 bits per heavy atom. The molecular weight excluding hydrogens is 258 g/mol. The van der Waals surface area contributed by atoms with Crippen LogP contribution in [0.25, 0.3) is 0 Å². The summed E-state index contributed by atoms with van der Waals surface area (Å²) >= 11 is -5.50. The van der Waals surface area contributed by atoms with Gasteiger partial charge in [-0.25, -0.2) is 8.42 Å². The van der Waals surface area contributed by atoms with E-state index >= 15 is 0 Å². The molecule has 12 heteroatoms. The fraction of sp³-hybridized carbons (Fsp3) is 0. The van der Waals surface area contributed by atoms with Gasteiger partial charge in [-0.2, -0.15) is 0 Å². The Hall–Kier alpha value is 1.92. The Bertz CT molecular complexity index is 213. The van der Waals surface area contributed by atoms with Crippen LogP contribution in [-0.2, 0) is 31.6 Å². The monoisotopic (exact) mass is 260 g/mol. The molecule has 0 aromatic rings. The summed E-state index contributed by atoms with van der Waals surface area (Å²) in [5.74, 6) is 0. The molecule has 2 N–H and O–H groups in total. The van der Waals surface area contributed by atoms with Gasteiger partial charge in [0.1, 0.15) is 0 Å². The molecule has 0 unspecified atom stereocenters. The molecule has 0 spiro atoms. The molecule has 0 aromatic heterocycles. The van der Waals surface area contributed by atoms with Gasteiger partial charge in [-0.15, -0.1) is 0 Å². The Kier molecular flexibility index (Phi) is 18.6. The van der Waals surface area contributed by atoms with Crippen LogP contribution < -0.4 is 63.3 Å². The van der Waals surface area contributed by atoms with Crippen LogP contribution >= 0.6 is 0 Å². The SMILES string of the molecule is O=S(=O)([O-])O.[Na+].[Na+].[O]=[Cr](=[O])([O-])[OH]. The van der Waals surface area contributed by atoms with Crippen molar-refractivity contribution < 1.29 is 106 Å². The summed E-state index contributed by atoms with van der Waals surface area (Å²) in [6.07, 6.45) is 0. The fourth-order valence-corrected chi connectivity index (χ4v) is 0. The van der Waals surface area contributed by atoms with Gasteiger partial charge >= 0.3 is 88.7 Å². The molecule has 12 heavy (non-hydrogen) atoms. The van der Waals surface area contributed by atoms with E-state index in [-0.39, 0.29) is 59.1 Å². The third-order valence-corrected chi connectivity index (χ3v) is 0. The summed E-state index contributed by atoms with van der Waals surface area (Å²) in [6.45, 7) is 0. The summed E-state index contributed by atoms with van der Waals surface area (Å²) in [4.78, 5) is 0. The summed E-state index contributed by atoms with van der Waals surface area (Å²) in [7, 11) is -4.92. The molecule has 0 fully saturated rings. The molecule has 0 aliphatic rings. The number of hydrogen-bond acceptors (Lipinski definition) is 6. The predicted octanol–water partition coefficient (Wildman–Crippen LogP) is -8.97. The zero-order chi connectivity index (χ0) is 9.00. The van der Waals surface area contributed by atoms with Crippen molar-refractivity contribution in [1.82, 2.24) is 0 Å². The van der Waals surface area contributed by atoms with Crippen molar-refractivity contribution in [3.63, 3.8) is 0 Å². The number of hydrogen-bond donors (Lipinski definition) is 2. The van der Waals surface area contributed by atoms with Gasteiger partial charge < -0.3 is 4.55 Å². The summed E-state index contributed by atoms with van der Waals surface area (Å²) in [5.41, 5.74) is 0. The topological polar surface area (TPSA) is 155 Å². The van der Waals surface area contributed by atoms with Gasteiger partial charge in [0.25, 0.3) is 0 Å². The van der Waals surface area contributed by atoms with E-state index in [4.69, 9.17) is 33.4 Å². The van der Waals surface area contributed by atoms with Crippen molar-refractivity contribution in [1.29, 1.82) is 0 Å². The van der Waals surface area contributed by atoms with E-state index < -0.39 is 24.0 Å². The summed E-state index contributed by atoms with van der Waals surface area (Å²) < 4.78 is 66.0. The van der Waals surface area contributed by atoms with Crippen LogP contribution in [0.2, 0.25) is 0 Å². The zero-order valence-electron chi connectivity index (χ0n) is 6.16. The van der Waals surface area contributed by atoms with Crippen molar-refractivity contribution in [3.05, 3.63) is 0 Å². The molecule has 64 valence electrons. The minimum atomic E-state index is -5.50. The molecule has 0 aliphatic heterocycles. The third kappa shape index (κ3) is 385. The first kappa shape index (κ1) is 23.6. The molecule has 0 atom stereocenters. The summed E-state index contributed by atoms with van der Waals surface area (Å²) in [6, 6.07) is 0. The summed E-state index contributed by atoms with van der Waals surface area (Å²) in [5, 5.41) is 0. The average Bonchev–Trinajstić information content (AvgIpc) is 1.12. The van der Waals surface area contributed by atoms with E-state index in [1.54, 1.807) is 0 Å². The second kappa shape index (κ2) is 9.48. The van der Waals surface area contributed by atoms with Gasteiger partial charge in [-0.3, -0.25) is 4.55 Å². The number of rotatable bonds is 0. The van der Waals surface area contributed by atoms with Crippen molar-refractivity contribution >= 4 is 10.4 Å². The van der Waals surface area contributed by atoms with E-state index in [0.717, 1.165) is 0 Å². The molecule has 0 rings (SSSR count). The molecule has 8 nitrogen and oxygen atoms in total. The Morgan fingerprint density at radius 3 is 1.17 bits per heavy atom. The molecule has 0 aliphatic carbocycles. The molecular formula is H2CrNa2O8S. The third-order valence-electron chi connectivity index (χ3n) is 0. The van der Waals surface area contributed by atoms with Crippen molar-refractivity contribution in [3.8, 4) is 0 Å². The van der Waals surface area contributed by atoms with Crippen LogP contribution in [0.4, 0.5) is 0 Å². The molecule has 0 amide bonds. The first-order valence-corrected chi connectivity index (χ1v) is 4.86. The van der Waals surface area contributed by atoms with E-state index in [1.807, 2.05) is 0 Å². The van der Waals surface area contributed by atoms with E-state index in [1.165, 1.54) is 0 Å². The minimum absolute atomic E-state index is 0. The van der Waals surface area contributed by atoms with Crippen molar-refractivity contribution in [2.45, 2.75) is 0 Å². The van der Waals surface area contributed by atoms with Crippen LogP contribution in [0.1, 0.15) is 0 Å². The maximum atomic E-state index is 8.70. The van der Waals surface area contributed by atoms with E-state index in [9.17, 15) is 0 Å². The Morgan fingerprint density at radius 2 is 1.17 bits per heavy atom. The van der Waals surface area contributed by atoms with E-state index in [2.05, 4.69) is 0 Å². The first-order valence-electron chi connectivity index (χ1n) is 1.37. The van der Waals surface area contributed by atoms with Crippen molar-refractivity contribution in [2.24, 2.45) is 0 Å². The quantitative estimate of drug-likeness (QED) is 0.247. The van der Waals surface area contributed by atoms with Crippen LogP contribution in [-0.4, -0.2) is 21.7 Å². The second-order valence-electron chi connectivity index (χ2n) is 0.855. The first-order chi connectivity index (χ1) is 4.00. The van der Waals surface area contributed by atoms with Gasteiger partial charge in [0.05, 0.1) is 0 Å². The Labute approximate surface area is 115 Å². The van der Waals surface area contributed by atoms with Crippen LogP contribution in [0.15, 0.2) is 0 Å². The van der Waals surface area contributed by atoms with Crippen LogP contribution in [0, 0.1) is 0 Å². The molecule has 0 heterocycles. The van der Waals surface area contributed by atoms with Gasteiger partial charge in [-0.05, 0) is 0 Å². The maximum absolute atomic E-state index is 8.70. The van der Waals surface area contributed by atoms with Gasteiger partial charge in [0.15, 0.2) is 0 Å². The van der Waals surface area contributed by atoms with Crippen LogP contribution in [0.3, 0.4) is 0 Å². The zero-order valence-corrected chi connectivity index (χ0v) is 12.3. The molecule has 0 radical (unpaired) electrons. The fourth-order valence-electron chi connectivity index (χ4n) is 0. The predicted molar refractivity (Wildman–Crippen MR) is 15.9 cm³/mol. The van der Waals surface area contributed by atoms with Gasteiger partial charge in [-0.1, -0.05) is 0 Å².